The molecule has 1 aromatic carbocycles. The van der Waals surface area contributed by atoms with E-state index in [1.807, 2.05) is 23.9 Å². The van der Waals surface area contributed by atoms with Crippen LogP contribution in [-0.4, -0.2) is 38.9 Å². The fourth-order valence-corrected chi connectivity index (χ4v) is 1.91. The molecule has 0 atom stereocenters. The molecule has 0 aliphatic carbocycles. The van der Waals surface area contributed by atoms with Gasteiger partial charge in [-0.15, -0.1) is 0 Å². The van der Waals surface area contributed by atoms with Crippen LogP contribution in [0.2, 0.25) is 0 Å². The highest BCUT2D eigenvalue weighted by Gasteiger charge is 1.96. The molecule has 0 spiro atoms. The van der Waals surface area contributed by atoms with E-state index in [-0.39, 0.29) is 0 Å². The molecule has 0 radical (unpaired) electrons. The van der Waals surface area contributed by atoms with Crippen molar-refractivity contribution in [2.45, 2.75) is 13.0 Å². The third kappa shape index (κ3) is 6.89. The quantitative estimate of drug-likeness (QED) is 0.661. The molecule has 0 bridgehead atoms. The molecule has 0 saturated carbocycles. The largest absolute Gasteiger partial charge is 0.494 e. The van der Waals surface area contributed by atoms with E-state index in [2.05, 4.69) is 23.7 Å². The summed E-state index contributed by atoms with van der Waals surface area (Å²) < 4.78 is 10.6. The second-order valence-corrected chi connectivity index (χ2v) is 4.99. The monoisotopic (exact) mass is 269 g/mol. The van der Waals surface area contributed by atoms with Crippen molar-refractivity contribution in [1.29, 1.82) is 0 Å². The van der Waals surface area contributed by atoms with Crippen LogP contribution in [0.1, 0.15) is 12.0 Å². The van der Waals surface area contributed by atoms with Gasteiger partial charge in [0.15, 0.2) is 0 Å². The van der Waals surface area contributed by atoms with Crippen molar-refractivity contribution in [3.05, 3.63) is 29.8 Å². The Labute approximate surface area is 114 Å². The van der Waals surface area contributed by atoms with Crippen LogP contribution in [-0.2, 0) is 11.3 Å². The van der Waals surface area contributed by atoms with Crippen molar-refractivity contribution in [2.75, 3.05) is 38.9 Å². The smallest absolute Gasteiger partial charge is 0.119 e. The molecule has 0 aliphatic heterocycles. The maximum absolute atomic E-state index is 5.65. The normalized spacial score (nSPS) is 10.6. The van der Waals surface area contributed by atoms with E-state index in [0.717, 1.165) is 44.2 Å². The first-order valence-electron chi connectivity index (χ1n) is 6.27. The SMILES string of the molecule is COCCNCc1ccc(OCCCSC)cc1. The van der Waals surface area contributed by atoms with Gasteiger partial charge in [0.1, 0.15) is 5.75 Å². The molecule has 0 aromatic heterocycles. The Hall–Kier alpha value is -0.710. The average Bonchev–Trinajstić information content (AvgIpc) is 2.41. The number of methoxy groups -OCH3 is 1. The predicted octanol–water partition coefficient (Wildman–Crippen LogP) is 2.55. The van der Waals surface area contributed by atoms with E-state index < -0.39 is 0 Å². The number of rotatable bonds is 10. The molecule has 4 heteroatoms. The zero-order valence-electron chi connectivity index (χ0n) is 11.3. The third-order valence-corrected chi connectivity index (χ3v) is 3.19. The highest BCUT2D eigenvalue weighted by Crippen LogP contribution is 2.12. The number of nitrogens with one attached hydrogen (secondary N) is 1. The van der Waals surface area contributed by atoms with E-state index in [9.17, 15) is 0 Å². The minimum Gasteiger partial charge on any atom is -0.494 e. The van der Waals surface area contributed by atoms with Gasteiger partial charge in [-0.3, -0.25) is 0 Å². The Bertz CT molecular complexity index is 272. The fraction of sp³-hybridized carbons (Fsp3) is 0.571. The van der Waals surface area contributed by atoms with Crippen LogP contribution in [0.5, 0.6) is 5.75 Å². The van der Waals surface area contributed by atoms with E-state index in [0.29, 0.717) is 0 Å². The highest BCUT2D eigenvalue weighted by molar-refractivity contribution is 7.98. The summed E-state index contributed by atoms with van der Waals surface area (Å²) in [7, 11) is 1.71. The van der Waals surface area contributed by atoms with Crippen LogP contribution >= 0.6 is 11.8 Å². The van der Waals surface area contributed by atoms with Gasteiger partial charge in [-0.1, -0.05) is 12.1 Å². The zero-order chi connectivity index (χ0) is 13.1. The number of hydrogen-bond acceptors (Lipinski definition) is 4. The number of benzene rings is 1. The lowest BCUT2D eigenvalue weighted by molar-refractivity contribution is 0.199. The van der Waals surface area contributed by atoms with E-state index in [1.165, 1.54) is 5.56 Å². The molecule has 1 N–H and O–H groups in total. The summed E-state index contributed by atoms with van der Waals surface area (Å²) in [5.74, 6) is 2.11. The predicted molar refractivity (Wildman–Crippen MR) is 78.5 cm³/mol. The molecule has 0 aliphatic rings. The molecule has 102 valence electrons. The van der Waals surface area contributed by atoms with Crippen molar-refractivity contribution in [1.82, 2.24) is 5.32 Å². The van der Waals surface area contributed by atoms with Gasteiger partial charge in [0, 0.05) is 20.2 Å². The average molecular weight is 269 g/mol. The van der Waals surface area contributed by atoms with Crippen molar-refractivity contribution in [3.8, 4) is 5.75 Å². The zero-order valence-corrected chi connectivity index (χ0v) is 12.1. The fourth-order valence-electron chi connectivity index (χ4n) is 1.50. The molecular weight excluding hydrogens is 246 g/mol. The van der Waals surface area contributed by atoms with Gasteiger partial charge < -0.3 is 14.8 Å². The molecule has 0 heterocycles. The van der Waals surface area contributed by atoms with Crippen molar-refractivity contribution < 1.29 is 9.47 Å². The van der Waals surface area contributed by atoms with Gasteiger partial charge in [0.25, 0.3) is 0 Å². The number of ether oxygens (including phenoxy) is 2. The molecular formula is C14H23NO2S. The molecule has 18 heavy (non-hydrogen) atoms. The summed E-state index contributed by atoms with van der Waals surface area (Å²) in [6, 6.07) is 8.27. The second-order valence-electron chi connectivity index (χ2n) is 4.01. The standard InChI is InChI=1S/C14H23NO2S/c1-16-10-8-15-12-13-4-6-14(7-5-13)17-9-3-11-18-2/h4-7,15H,3,8-12H2,1-2H3. The third-order valence-electron chi connectivity index (χ3n) is 2.50. The summed E-state index contributed by atoms with van der Waals surface area (Å²) in [4.78, 5) is 0. The summed E-state index contributed by atoms with van der Waals surface area (Å²) in [5, 5.41) is 3.31. The lowest BCUT2D eigenvalue weighted by Crippen LogP contribution is -2.18. The summed E-state index contributed by atoms with van der Waals surface area (Å²) in [6.45, 7) is 3.29. The summed E-state index contributed by atoms with van der Waals surface area (Å²) in [6.07, 6.45) is 3.22. The summed E-state index contributed by atoms with van der Waals surface area (Å²) in [5.41, 5.74) is 1.27. The Kier molecular flexibility index (Phi) is 8.73. The second kappa shape index (κ2) is 10.2. The minimum atomic E-state index is 0.747. The van der Waals surface area contributed by atoms with Gasteiger partial charge in [-0.25, -0.2) is 0 Å². The van der Waals surface area contributed by atoms with Crippen LogP contribution in [0.25, 0.3) is 0 Å². The Balaban J connectivity index is 2.20. The van der Waals surface area contributed by atoms with Crippen LogP contribution in [0.15, 0.2) is 24.3 Å². The minimum absolute atomic E-state index is 0.747. The molecule has 0 amide bonds. The van der Waals surface area contributed by atoms with Crippen molar-refractivity contribution in [2.24, 2.45) is 0 Å². The maximum Gasteiger partial charge on any atom is 0.119 e. The maximum atomic E-state index is 5.65. The van der Waals surface area contributed by atoms with Crippen LogP contribution in [0.4, 0.5) is 0 Å². The lowest BCUT2D eigenvalue weighted by Gasteiger charge is -2.07. The molecule has 3 nitrogen and oxygen atoms in total. The number of thioether (sulfide) groups is 1. The number of hydrogen-bond donors (Lipinski definition) is 1. The van der Waals surface area contributed by atoms with E-state index in [1.54, 1.807) is 7.11 Å². The Morgan fingerprint density at radius 3 is 2.61 bits per heavy atom. The van der Waals surface area contributed by atoms with Gasteiger partial charge >= 0.3 is 0 Å². The first kappa shape index (κ1) is 15.3. The lowest BCUT2D eigenvalue weighted by atomic mass is 10.2. The molecule has 1 rings (SSSR count). The van der Waals surface area contributed by atoms with Gasteiger partial charge in [0.05, 0.1) is 13.2 Å². The van der Waals surface area contributed by atoms with Crippen LogP contribution in [0.3, 0.4) is 0 Å². The Morgan fingerprint density at radius 2 is 1.94 bits per heavy atom. The van der Waals surface area contributed by atoms with Gasteiger partial charge in [-0.05, 0) is 36.1 Å². The van der Waals surface area contributed by atoms with Crippen LogP contribution < -0.4 is 10.1 Å². The molecule has 0 saturated heterocycles. The van der Waals surface area contributed by atoms with E-state index >= 15 is 0 Å². The summed E-state index contributed by atoms with van der Waals surface area (Å²) >= 11 is 1.85. The first-order chi connectivity index (χ1) is 8.86. The first-order valence-corrected chi connectivity index (χ1v) is 7.66. The van der Waals surface area contributed by atoms with Crippen molar-refractivity contribution in [3.63, 3.8) is 0 Å². The molecule has 0 unspecified atom stereocenters. The van der Waals surface area contributed by atoms with Gasteiger partial charge in [-0.2, -0.15) is 11.8 Å². The molecule has 0 fully saturated rings. The van der Waals surface area contributed by atoms with E-state index in [4.69, 9.17) is 9.47 Å². The highest BCUT2D eigenvalue weighted by atomic mass is 32.2. The van der Waals surface area contributed by atoms with Gasteiger partial charge in [0.2, 0.25) is 0 Å². The topological polar surface area (TPSA) is 30.5 Å². The Morgan fingerprint density at radius 1 is 1.17 bits per heavy atom. The van der Waals surface area contributed by atoms with Crippen molar-refractivity contribution >= 4 is 11.8 Å². The molecule has 1 aromatic rings. The van der Waals surface area contributed by atoms with Crippen LogP contribution in [0, 0.1) is 0 Å².